The summed E-state index contributed by atoms with van der Waals surface area (Å²) in [6.07, 6.45) is 1.99. The lowest BCUT2D eigenvalue weighted by atomic mass is 10.1. The quantitative estimate of drug-likeness (QED) is 0.660. The van der Waals surface area contributed by atoms with Gasteiger partial charge in [-0.3, -0.25) is 14.6 Å². The van der Waals surface area contributed by atoms with E-state index in [1.165, 1.54) is 5.56 Å². The largest absolute Gasteiger partial charge is 0.385 e. The van der Waals surface area contributed by atoms with Crippen molar-refractivity contribution in [2.24, 2.45) is 0 Å². The van der Waals surface area contributed by atoms with Crippen molar-refractivity contribution in [3.8, 4) is 0 Å². The highest BCUT2D eigenvalue weighted by Gasteiger charge is 2.30. The van der Waals surface area contributed by atoms with Crippen LogP contribution in [0.1, 0.15) is 38.3 Å². The lowest BCUT2D eigenvalue weighted by molar-refractivity contribution is -0.122. The summed E-state index contributed by atoms with van der Waals surface area (Å²) in [5, 5.41) is 2.99. The molecule has 0 spiro atoms. The minimum absolute atomic E-state index is 0.118. The molecular formula is C20H33N3O2. The zero-order valence-corrected chi connectivity index (χ0v) is 15.9. The van der Waals surface area contributed by atoms with E-state index in [1.807, 2.05) is 0 Å². The second-order valence-electron chi connectivity index (χ2n) is 6.78. The molecule has 1 aromatic carbocycles. The molecule has 5 heteroatoms. The van der Waals surface area contributed by atoms with Crippen molar-refractivity contribution >= 4 is 5.91 Å². The van der Waals surface area contributed by atoms with Crippen LogP contribution < -0.4 is 5.32 Å². The Morgan fingerprint density at radius 2 is 2.16 bits per heavy atom. The zero-order chi connectivity index (χ0) is 18.1. The summed E-state index contributed by atoms with van der Waals surface area (Å²) in [6.45, 7) is 9.30. The van der Waals surface area contributed by atoms with Crippen LogP contribution in [-0.4, -0.2) is 68.2 Å². The van der Waals surface area contributed by atoms with Gasteiger partial charge in [0.2, 0.25) is 5.91 Å². The number of carbonyl (C=O) groups is 1. The van der Waals surface area contributed by atoms with Crippen molar-refractivity contribution in [2.45, 2.75) is 38.8 Å². The first-order valence-corrected chi connectivity index (χ1v) is 9.44. The fourth-order valence-corrected chi connectivity index (χ4v) is 3.54. The van der Waals surface area contributed by atoms with Gasteiger partial charge in [0.05, 0.1) is 6.54 Å². The topological polar surface area (TPSA) is 44.8 Å². The molecule has 1 amide bonds. The van der Waals surface area contributed by atoms with Crippen LogP contribution in [0.2, 0.25) is 0 Å². The van der Waals surface area contributed by atoms with Crippen molar-refractivity contribution in [3.63, 3.8) is 0 Å². The average Bonchev–Trinajstić information content (AvgIpc) is 3.13. The molecule has 5 nitrogen and oxygen atoms in total. The summed E-state index contributed by atoms with van der Waals surface area (Å²) < 4.78 is 5.01. The van der Waals surface area contributed by atoms with Crippen LogP contribution in [0, 0.1) is 0 Å². The van der Waals surface area contributed by atoms with E-state index >= 15 is 0 Å². The second-order valence-corrected chi connectivity index (χ2v) is 6.78. The van der Waals surface area contributed by atoms with Gasteiger partial charge in [-0.25, -0.2) is 0 Å². The third-order valence-corrected chi connectivity index (χ3v) is 5.14. The Labute approximate surface area is 152 Å². The molecule has 0 bridgehead atoms. The molecule has 1 fully saturated rings. The summed E-state index contributed by atoms with van der Waals surface area (Å²) in [5.41, 5.74) is 1.36. The number of amides is 1. The van der Waals surface area contributed by atoms with Gasteiger partial charge in [0.25, 0.3) is 0 Å². The normalized spacial score (nSPS) is 19.3. The molecule has 2 rings (SSSR count). The number of likely N-dealkylation sites (tertiary alicyclic amines) is 1. The Morgan fingerprint density at radius 1 is 1.40 bits per heavy atom. The molecule has 2 atom stereocenters. The molecule has 0 radical (unpaired) electrons. The predicted molar refractivity (Wildman–Crippen MR) is 102 cm³/mol. The summed E-state index contributed by atoms with van der Waals surface area (Å²) in [7, 11) is 1.68. The Morgan fingerprint density at radius 3 is 2.84 bits per heavy atom. The summed E-state index contributed by atoms with van der Waals surface area (Å²) in [6, 6.07) is 11.5. The van der Waals surface area contributed by atoms with Gasteiger partial charge in [0.1, 0.15) is 0 Å². The molecule has 140 valence electrons. The van der Waals surface area contributed by atoms with Crippen LogP contribution in [-0.2, 0) is 9.53 Å². The van der Waals surface area contributed by atoms with E-state index in [0.29, 0.717) is 31.8 Å². The maximum absolute atomic E-state index is 12.2. The number of ether oxygens (including phenoxy) is 1. The summed E-state index contributed by atoms with van der Waals surface area (Å²) >= 11 is 0. The molecule has 0 aromatic heterocycles. The zero-order valence-electron chi connectivity index (χ0n) is 15.9. The maximum Gasteiger partial charge on any atom is 0.234 e. The monoisotopic (exact) mass is 347 g/mol. The van der Waals surface area contributed by atoms with Crippen molar-refractivity contribution in [2.75, 3.05) is 46.4 Å². The Hall–Kier alpha value is -1.43. The fourth-order valence-electron chi connectivity index (χ4n) is 3.54. The molecule has 25 heavy (non-hydrogen) atoms. The first kappa shape index (κ1) is 19.9. The molecule has 1 aromatic rings. The number of rotatable bonds is 10. The summed E-state index contributed by atoms with van der Waals surface area (Å²) in [5.74, 6) is 0.118. The van der Waals surface area contributed by atoms with Gasteiger partial charge >= 0.3 is 0 Å². The van der Waals surface area contributed by atoms with E-state index in [2.05, 4.69) is 59.3 Å². The minimum atomic E-state index is 0.118. The average molecular weight is 348 g/mol. The number of nitrogens with zero attached hydrogens (tertiary/aromatic N) is 2. The number of carbonyl (C=O) groups excluding carboxylic acids is 1. The van der Waals surface area contributed by atoms with Crippen molar-refractivity contribution < 1.29 is 9.53 Å². The predicted octanol–water partition coefficient (Wildman–Crippen LogP) is 2.30. The molecule has 1 heterocycles. The summed E-state index contributed by atoms with van der Waals surface area (Å²) in [4.78, 5) is 17.0. The highest BCUT2D eigenvalue weighted by atomic mass is 16.5. The minimum Gasteiger partial charge on any atom is -0.385 e. The van der Waals surface area contributed by atoms with E-state index in [4.69, 9.17) is 4.74 Å². The SMILES string of the molecule is CCN(CC(=O)NCCCOC)C1CCN(C(C)c2ccccc2)C1. The number of hydrogen-bond donors (Lipinski definition) is 1. The van der Waals surface area contributed by atoms with E-state index in [9.17, 15) is 4.79 Å². The first-order valence-electron chi connectivity index (χ1n) is 9.44. The van der Waals surface area contributed by atoms with Gasteiger partial charge in [0, 0.05) is 45.4 Å². The van der Waals surface area contributed by atoms with Crippen LogP contribution in [0.15, 0.2) is 30.3 Å². The Bertz CT molecular complexity index is 509. The van der Waals surface area contributed by atoms with Gasteiger partial charge in [-0.1, -0.05) is 37.3 Å². The number of benzene rings is 1. The van der Waals surface area contributed by atoms with Gasteiger partial charge in [-0.2, -0.15) is 0 Å². The van der Waals surface area contributed by atoms with Crippen LogP contribution >= 0.6 is 0 Å². The third-order valence-electron chi connectivity index (χ3n) is 5.14. The number of likely N-dealkylation sites (N-methyl/N-ethyl adjacent to an activating group) is 1. The van der Waals surface area contributed by atoms with Crippen LogP contribution in [0.3, 0.4) is 0 Å². The van der Waals surface area contributed by atoms with Crippen LogP contribution in [0.5, 0.6) is 0 Å². The fraction of sp³-hybridized carbons (Fsp3) is 0.650. The lowest BCUT2D eigenvalue weighted by Crippen LogP contribution is -2.44. The van der Waals surface area contributed by atoms with E-state index < -0.39 is 0 Å². The molecule has 1 N–H and O–H groups in total. The maximum atomic E-state index is 12.2. The molecule has 1 saturated heterocycles. The van der Waals surface area contributed by atoms with E-state index in [-0.39, 0.29) is 5.91 Å². The van der Waals surface area contributed by atoms with Crippen LogP contribution in [0.4, 0.5) is 0 Å². The third kappa shape index (κ3) is 6.10. The van der Waals surface area contributed by atoms with Gasteiger partial charge in [-0.15, -0.1) is 0 Å². The van der Waals surface area contributed by atoms with Gasteiger partial charge < -0.3 is 10.1 Å². The molecule has 1 aliphatic rings. The van der Waals surface area contributed by atoms with Crippen molar-refractivity contribution in [1.29, 1.82) is 0 Å². The molecular weight excluding hydrogens is 314 g/mol. The second kappa shape index (κ2) is 10.5. The van der Waals surface area contributed by atoms with E-state index in [0.717, 1.165) is 32.5 Å². The highest BCUT2D eigenvalue weighted by Crippen LogP contribution is 2.26. The molecule has 0 saturated carbocycles. The van der Waals surface area contributed by atoms with Crippen molar-refractivity contribution in [1.82, 2.24) is 15.1 Å². The van der Waals surface area contributed by atoms with Gasteiger partial charge in [0.15, 0.2) is 0 Å². The van der Waals surface area contributed by atoms with Crippen LogP contribution in [0.25, 0.3) is 0 Å². The first-order chi connectivity index (χ1) is 12.2. The number of nitrogens with one attached hydrogen (secondary N) is 1. The van der Waals surface area contributed by atoms with Gasteiger partial charge in [-0.05, 0) is 31.9 Å². The lowest BCUT2D eigenvalue weighted by Gasteiger charge is -2.29. The Balaban J connectivity index is 1.81. The smallest absolute Gasteiger partial charge is 0.234 e. The standard InChI is InChI=1S/C20H33N3O2/c1-4-22(16-20(24)21-12-8-14-25-3)19-11-13-23(15-19)17(2)18-9-6-5-7-10-18/h5-7,9-10,17,19H,4,8,11-16H2,1-3H3,(H,21,24). The van der Waals surface area contributed by atoms with E-state index in [1.54, 1.807) is 7.11 Å². The Kier molecular flexibility index (Phi) is 8.38. The number of methoxy groups -OCH3 is 1. The highest BCUT2D eigenvalue weighted by molar-refractivity contribution is 5.78. The molecule has 0 aliphatic carbocycles. The molecule has 2 unspecified atom stereocenters. The van der Waals surface area contributed by atoms with Crippen molar-refractivity contribution in [3.05, 3.63) is 35.9 Å². The molecule has 1 aliphatic heterocycles. The number of hydrogen-bond acceptors (Lipinski definition) is 4.